The number of nitrogens with one attached hydrogen (secondary N) is 1. The molecule has 1 atom stereocenters. The van der Waals surface area contributed by atoms with Gasteiger partial charge in [-0.3, -0.25) is 4.39 Å². The van der Waals surface area contributed by atoms with Crippen molar-refractivity contribution in [3.8, 4) is 0 Å². The molecular formula is C14H20FN. The minimum Gasteiger partial charge on any atom is -0.310 e. The van der Waals surface area contributed by atoms with E-state index in [0.717, 1.165) is 6.54 Å². The first-order valence-electron chi connectivity index (χ1n) is 6.20. The van der Waals surface area contributed by atoms with E-state index in [9.17, 15) is 4.39 Å². The van der Waals surface area contributed by atoms with E-state index in [-0.39, 0.29) is 6.67 Å². The van der Waals surface area contributed by atoms with Gasteiger partial charge in [0.05, 0.1) is 6.67 Å². The van der Waals surface area contributed by atoms with Crippen LogP contribution in [0.15, 0.2) is 18.2 Å². The van der Waals surface area contributed by atoms with Gasteiger partial charge in [0, 0.05) is 6.04 Å². The Labute approximate surface area is 97.1 Å². The van der Waals surface area contributed by atoms with Gasteiger partial charge in [-0.2, -0.15) is 0 Å². The third-order valence-corrected chi connectivity index (χ3v) is 3.32. The summed E-state index contributed by atoms with van der Waals surface area (Å²) >= 11 is 0. The molecule has 1 aromatic rings. The highest BCUT2D eigenvalue weighted by Gasteiger charge is 2.19. The second-order valence-electron chi connectivity index (χ2n) is 4.64. The summed E-state index contributed by atoms with van der Waals surface area (Å²) in [6, 6.07) is 7.15. The molecule has 0 saturated carbocycles. The number of halogens is 1. The van der Waals surface area contributed by atoms with Crippen LogP contribution in [0, 0.1) is 6.92 Å². The highest BCUT2D eigenvalue weighted by Crippen LogP contribution is 2.30. The van der Waals surface area contributed by atoms with Crippen molar-refractivity contribution in [2.75, 3.05) is 13.2 Å². The van der Waals surface area contributed by atoms with Crippen LogP contribution in [-0.2, 0) is 6.42 Å². The Morgan fingerprint density at radius 2 is 2.31 bits per heavy atom. The molecule has 0 spiro atoms. The maximum atomic E-state index is 12.1. The first kappa shape index (κ1) is 11.6. The lowest BCUT2D eigenvalue weighted by Gasteiger charge is -2.27. The molecule has 1 aliphatic carbocycles. The van der Waals surface area contributed by atoms with Crippen molar-refractivity contribution in [1.82, 2.24) is 5.32 Å². The lowest BCUT2D eigenvalue weighted by molar-refractivity contribution is 0.416. The minimum absolute atomic E-state index is 0.222. The van der Waals surface area contributed by atoms with Gasteiger partial charge in [0.1, 0.15) is 0 Å². The monoisotopic (exact) mass is 221 g/mol. The van der Waals surface area contributed by atoms with Crippen molar-refractivity contribution in [1.29, 1.82) is 0 Å². The van der Waals surface area contributed by atoms with Crippen LogP contribution in [0.25, 0.3) is 0 Å². The Balaban J connectivity index is 2.09. The van der Waals surface area contributed by atoms with Gasteiger partial charge in [0.25, 0.3) is 0 Å². The van der Waals surface area contributed by atoms with Crippen molar-refractivity contribution in [2.24, 2.45) is 0 Å². The van der Waals surface area contributed by atoms with Crippen LogP contribution in [0.2, 0.25) is 0 Å². The number of fused-ring (bicyclic) bond motifs is 1. The summed E-state index contributed by atoms with van der Waals surface area (Å²) in [5.74, 6) is 0. The summed E-state index contributed by atoms with van der Waals surface area (Å²) in [4.78, 5) is 0. The molecule has 0 radical (unpaired) electrons. The van der Waals surface area contributed by atoms with E-state index in [4.69, 9.17) is 0 Å². The maximum absolute atomic E-state index is 12.1. The predicted molar refractivity (Wildman–Crippen MR) is 65.5 cm³/mol. The van der Waals surface area contributed by atoms with Crippen molar-refractivity contribution in [3.63, 3.8) is 0 Å². The van der Waals surface area contributed by atoms with E-state index in [2.05, 4.69) is 30.4 Å². The molecule has 16 heavy (non-hydrogen) atoms. The zero-order valence-corrected chi connectivity index (χ0v) is 9.93. The number of rotatable bonds is 4. The van der Waals surface area contributed by atoms with Crippen molar-refractivity contribution in [3.05, 3.63) is 34.9 Å². The number of hydrogen-bond donors (Lipinski definition) is 1. The van der Waals surface area contributed by atoms with E-state index >= 15 is 0 Å². The van der Waals surface area contributed by atoms with Crippen LogP contribution in [-0.4, -0.2) is 13.2 Å². The van der Waals surface area contributed by atoms with E-state index < -0.39 is 0 Å². The lowest BCUT2D eigenvalue weighted by atomic mass is 9.86. The number of aryl methyl sites for hydroxylation is 2. The van der Waals surface area contributed by atoms with Gasteiger partial charge < -0.3 is 5.32 Å². The molecular weight excluding hydrogens is 201 g/mol. The molecule has 0 aromatic heterocycles. The SMILES string of the molecule is Cc1ccc2c(c1)C(NCCCF)CCC2. The van der Waals surface area contributed by atoms with Crippen molar-refractivity contribution >= 4 is 0 Å². The predicted octanol–water partition coefficient (Wildman–Crippen LogP) is 3.32. The summed E-state index contributed by atoms with van der Waals surface area (Å²) in [6.07, 6.45) is 4.24. The van der Waals surface area contributed by atoms with Crippen LogP contribution >= 0.6 is 0 Å². The zero-order chi connectivity index (χ0) is 11.4. The highest BCUT2D eigenvalue weighted by molar-refractivity contribution is 5.35. The van der Waals surface area contributed by atoms with Gasteiger partial charge in [-0.05, 0) is 50.3 Å². The van der Waals surface area contributed by atoms with E-state index in [0.29, 0.717) is 12.5 Å². The molecule has 1 nitrogen and oxygen atoms in total. The highest BCUT2D eigenvalue weighted by atomic mass is 19.1. The summed E-state index contributed by atoms with van der Waals surface area (Å²) in [5, 5.41) is 3.47. The van der Waals surface area contributed by atoms with E-state index in [1.165, 1.54) is 36.0 Å². The average Bonchev–Trinajstić information content (AvgIpc) is 2.30. The zero-order valence-electron chi connectivity index (χ0n) is 9.93. The molecule has 0 heterocycles. The Morgan fingerprint density at radius 3 is 3.12 bits per heavy atom. The van der Waals surface area contributed by atoms with Crippen LogP contribution in [0.4, 0.5) is 4.39 Å². The molecule has 1 N–H and O–H groups in total. The topological polar surface area (TPSA) is 12.0 Å². The minimum atomic E-state index is -0.222. The Hall–Kier alpha value is -0.890. The quantitative estimate of drug-likeness (QED) is 0.769. The molecule has 2 heteroatoms. The molecule has 1 aromatic carbocycles. The van der Waals surface area contributed by atoms with Crippen LogP contribution < -0.4 is 5.32 Å². The first-order chi connectivity index (χ1) is 7.81. The third-order valence-electron chi connectivity index (χ3n) is 3.32. The lowest BCUT2D eigenvalue weighted by Crippen LogP contribution is -2.26. The molecule has 0 bridgehead atoms. The fourth-order valence-electron chi connectivity index (χ4n) is 2.47. The second-order valence-corrected chi connectivity index (χ2v) is 4.64. The van der Waals surface area contributed by atoms with Crippen molar-refractivity contribution < 1.29 is 4.39 Å². The Bertz CT molecular complexity index is 349. The average molecular weight is 221 g/mol. The molecule has 1 unspecified atom stereocenters. The molecule has 0 amide bonds. The number of alkyl halides is 1. The standard InChI is InChI=1S/C14H20FN/c1-11-6-7-12-4-2-5-14(13(12)10-11)16-9-3-8-15/h6-7,10,14,16H,2-5,8-9H2,1H3. The first-order valence-corrected chi connectivity index (χ1v) is 6.20. The van der Waals surface area contributed by atoms with Gasteiger partial charge in [0.15, 0.2) is 0 Å². The van der Waals surface area contributed by atoms with Crippen LogP contribution in [0.3, 0.4) is 0 Å². The van der Waals surface area contributed by atoms with Gasteiger partial charge in [-0.1, -0.05) is 23.8 Å². The van der Waals surface area contributed by atoms with E-state index in [1.807, 2.05) is 0 Å². The van der Waals surface area contributed by atoms with Gasteiger partial charge in [-0.15, -0.1) is 0 Å². The van der Waals surface area contributed by atoms with Crippen molar-refractivity contribution in [2.45, 2.75) is 38.6 Å². The van der Waals surface area contributed by atoms with Gasteiger partial charge in [0.2, 0.25) is 0 Å². The molecule has 0 saturated heterocycles. The van der Waals surface area contributed by atoms with Gasteiger partial charge in [-0.25, -0.2) is 0 Å². The molecule has 88 valence electrons. The molecule has 0 aliphatic heterocycles. The number of benzene rings is 1. The van der Waals surface area contributed by atoms with E-state index in [1.54, 1.807) is 0 Å². The molecule has 0 fully saturated rings. The summed E-state index contributed by atoms with van der Waals surface area (Å²) in [7, 11) is 0. The summed E-state index contributed by atoms with van der Waals surface area (Å²) < 4.78 is 12.1. The smallest absolute Gasteiger partial charge is 0.0906 e. The maximum Gasteiger partial charge on any atom is 0.0906 e. The molecule has 2 rings (SSSR count). The largest absolute Gasteiger partial charge is 0.310 e. The summed E-state index contributed by atoms with van der Waals surface area (Å²) in [5.41, 5.74) is 4.22. The number of hydrogen-bond acceptors (Lipinski definition) is 1. The van der Waals surface area contributed by atoms with Crippen LogP contribution in [0.5, 0.6) is 0 Å². The Morgan fingerprint density at radius 1 is 1.44 bits per heavy atom. The third kappa shape index (κ3) is 2.62. The Kier molecular flexibility index (Phi) is 3.94. The normalized spacial score (nSPS) is 19.5. The van der Waals surface area contributed by atoms with Gasteiger partial charge >= 0.3 is 0 Å². The second kappa shape index (κ2) is 5.44. The van der Waals surface area contributed by atoms with Crippen LogP contribution in [0.1, 0.15) is 42.0 Å². The molecule has 1 aliphatic rings. The fraction of sp³-hybridized carbons (Fsp3) is 0.571. The fourth-order valence-corrected chi connectivity index (χ4v) is 2.47. The summed E-state index contributed by atoms with van der Waals surface area (Å²) in [6.45, 7) is 2.70.